The minimum absolute atomic E-state index is 0. The van der Waals surface area contributed by atoms with Gasteiger partial charge in [0.2, 0.25) is 0 Å². The summed E-state index contributed by atoms with van der Waals surface area (Å²) < 4.78 is 4.62. The minimum Gasteiger partial charge on any atom is -0.469 e. The van der Waals surface area contributed by atoms with E-state index < -0.39 is 0 Å². The molecule has 0 aromatic rings. The van der Waals surface area contributed by atoms with Crippen LogP contribution in [0.1, 0.15) is 64.7 Å². The summed E-state index contributed by atoms with van der Waals surface area (Å²) in [5.41, 5.74) is 0. The quantitative estimate of drug-likeness (QED) is 0.206. The second-order valence-corrected chi connectivity index (χ2v) is 5.63. The molecule has 0 heterocycles. The second kappa shape index (κ2) is 14.1. The highest BCUT2D eigenvalue weighted by Gasteiger charge is 2.14. The van der Waals surface area contributed by atoms with Gasteiger partial charge in [-0.05, 0) is 32.6 Å². The Kier molecular flexibility index (Phi) is 13.7. The lowest BCUT2D eigenvalue weighted by Crippen LogP contribution is -2.44. The smallest absolute Gasteiger partial charge is 0.305 e. The van der Waals surface area contributed by atoms with Gasteiger partial charge in [-0.1, -0.05) is 25.7 Å². The first-order chi connectivity index (χ1) is 10.3. The van der Waals surface area contributed by atoms with E-state index in [0.29, 0.717) is 12.5 Å². The zero-order valence-electron chi connectivity index (χ0n) is 14.0. The molecule has 0 unspecified atom stereocenters. The van der Waals surface area contributed by atoms with Gasteiger partial charge in [0, 0.05) is 25.6 Å². The average molecular weight is 425 g/mol. The molecule has 2 N–H and O–H groups in total. The normalized spacial score (nSPS) is 15.8. The van der Waals surface area contributed by atoms with E-state index in [-0.39, 0.29) is 29.9 Å². The number of nitrogens with one attached hydrogen (secondary N) is 2. The maximum absolute atomic E-state index is 11.0. The molecule has 0 aromatic carbocycles. The van der Waals surface area contributed by atoms with Crippen LogP contribution in [-0.2, 0) is 9.53 Å². The molecular formula is C16H32IN3O2. The Hall–Kier alpha value is -0.530. The maximum atomic E-state index is 11.0. The number of esters is 1. The number of unbranched alkanes of at least 4 members (excludes halogenated alkanes) is 2. The average Bonchev–Trinajstić information content (AvgIpc) is 2.51. The fourth-order valence-electron chi connectivity index (χ4n) is 2.61. The molecule has 0 saturated heterocycles. The van der Waals surface area contributed by atoms with Gasteiger partial charge in [-0.3, -0.25) is 9.79 Å². The van der Waals surface area contributed by atoms with Gasteiger partial charge in [-0.15, -0.1) is 24.0 Å². The lowest BCUT2D eigenvalue weighted by Gasteiger charge is -2.24. The van der Waals surface area contributed by atoms with Crippen molar-refractivity contribution in [2.24, 2.45) is 4.99 Å². The first-order valence-electron chi connectivity index (χ1n) is 8.38. The van der Waals surface area contributed by atoms with E-state index in [1.54, 1.807) is 0 Å². The number of ether oxygens (including phenoxy) is 1. The molecular weight excluding hydrogens is 393 g/mol. The predicted octanol–water partition coefficient (Wildman–Crippen LogP) is 3.23. The molecule has 22 heavy (non-hydrogen) atoms. The first-order valence-corrected chi connectivity index (χ1v) is 8.38. The highest BCUT2D eigenvalue weighted by atomic mass is 127. The summed E-state index contributed by atoms with van der Waals surface area (Å²) in [6, 6.07) is 0.580. The van der Waals surface area contributed by atoms with Gasteiger partial charge >= 0.3 is 5.97 Å². The number of carbonyl (C=O) groups is 1. The van der Waals surface area contributed by atoms with Crippen LogP contribution in [-0.4, -0.2) is 38.2 Å². The van der Waals surface area contributed by atoms with Crippen LogP contribution in [0.15, 0.2) is 4.99 Å². The van der Waals surface area contributed by atoms with E-state index in [4.69, 9.17) is 0 Å². The molecule has 1 saturated carbocycles. The number of hydrogen-bond donors (Lipinski definition) is 2. The van der Waals surface area contributed by atoms with Gasteiger partial charge in [-0.2, -0.15) is 0 Å². The molecule has 5 nitrogen and oxygen atoms in total. The lowest BCUT2D eigenvalue weighted by molar-refractivity contribution is -0.140. The topological polar surface area (TPSA) is 62.7 Å². The molecule has 0 amide bonds. The zero-order valence-corrected chi connectivity index (χ0v) is 16.4. The van der Waals surface area contributed by atoms with Crippen molar-refractivity contribution in [2.75, 3.05) is 20.2 Å². The molecule has 130 valence electrons. The summed E-state index contributed by atoms with van der Waals surface area (Å²) in [6.07, 6.45) is 9.95. The van der Waals surface area contributed by atoms with E-state index in [1.165, 1.54) is 39.2 Å². The summed E-state index contributed by atoms with van der Waals surface area (Å²) in [6.45, 7) is 3.79. The summed E-state index contributed by atoms with van der Waals surface area (Å²) >= 11 is 0. The van der Waals surface area contributed by atoms with Crippen molar-refractivity contribution < 1.29 is 9.53 Å². The zero-order chi connectivity index (χ0) is 15.3. The molecule has 1 rings (SSSR count). The number of rotatable bonds is 8. The van der Waals surface area contributed by atoms with E-state index >= 15 is 0 Å². The van der Waals surface area contributed by atoms with Gasteiger partial charge in [0.05, 0.1) is 7.11 Å². The molecule has 0 bridgehead atoms. The van der Waals surface area contributed by atoms with Crippen LogP contribution in [0.4, 0.5) is 0 Å². The largest absolute Gasteiger partial charge is 0.469 e. The number of hydrogen-bond acceptors (Lipinski definition) is 3. The Labute approximate surface area is 152 Å². The highest BCUT2D eigenvalue weighted by molar-refractivity contribution is 14.0. The molecule has 0 atom stereocenters. The minimum atomic E-state index is -0.120. The summed E-state index contributed by atoms with van der Waals surface area (Å²) in [5.74, 6) is 0.822. The molecule has 1 aliphatic rings. The van der Waals surface area contributed by atoms with Gasteiger partial charge in [-0.25, -0.2) is 0 Å². The number of halogens is 1. The first kappa shape index (κ1) is 21.5. The van der Waals surface area contributed by atoms with E-state index in [2.05, 4.69) is 27.3 Å². The third kappa shape index (κ3) is 10.2. The van der Waals surface area contributed by atoms with E-state index in [0.717, 1.165) is 38.3 Å². The molecule has 0 spiro atoms. The van der Waals surface area contributed by atoms with Crippen molar-refractivity contribution in [3.05, 3.63) is 0 Å². The van der Waals surface area contributed by atoms with Gasteiger partial charge in [0.25, 0.3) is 0 Å². The molecule has 1 aliphatic carbocycles. The second-order valence-electron chi connectivity index (χ2n) is 5.63. The summed E-state index contributed by atoms with van der Waals surface area (Å²) in [7, 11) is 1.44. The standard InChI is InChI=1S/C16H31N3O2.HI/c1-3-17-16(19-14-10-6-4-7-11-14)18-13-9-5-8-12-15(20)21-2;/h14H,3-13H2,1-2H3,(H2,17,18,19);1H. The van der Waals surface area contributed by atoms with Gasteiger partial charge in [0.1, 0.15) is 0 Å². The number of carbonyl (C=O) groups excluding carboxylic acids is 1. The Morgan fingerprint density at radius 3 is 2.55 bits per heavy atom. The Morgan fingerprint density at radius 2 is 1.91 bits per heavy atom. The SMILES string of the molecule is CCNC(=NCCCCCC(=O)OC)NC1CCCCC1.I. The fraction of sp³-hybridized carbons (Fsp3) is 0.875. The third-order valence-electron chi connectivity index (χ3n) is 3.83. The highest BCUT2D eigenvalue weighted by Crippen LogP contribution is 2.17. The lowest BCUT2D eigenvalue weighted by atomic mass is 9.96. The number of aliphatic imine (C=N–C) groups is 1. The monoisotopic (exact) mass is 425 g/mol. The number of nitrogens with zero attached hydrogens (tertiary/aromatic N) is 1. The maximum Gasteiger partial charge on any atom is 0.305 e. The van der Waals surface area contributed by atoms with Crippen LogP contribution in [0, 0.1) is 0 Å². The molecule has 6 heteroatoms. The third-order valence-corrected chi connectivity index (χ3v) is 3.83. The fourth-order valence-corrected chi connectivity index (χ4v) is 2.61. The van der Waals surface area contributed by atoms with Crippen LogP contribution < -0.4 is 10.6 Å². The Morgan fingerprint density at radius 1 is 1.18 bits per heavy atom. The molecule has 0 aromatic heterocycles. The Balaban J connectivity index is 0.00000441. The van der Waals surface area contributed by atoms with Crippen LogP contribution in [0.5, 0.6) is 0 Å². The van der Waals surface area contributed by atoms with Crippen molar-refractivity contribution in [3.63, 3.8) is 0 Å². The number of methoxy groups -OCH3 is 1. The predicted molar refractivity (Wildman–Crippen MR) is 102 cm³/mol. The molecule has 0 radical (unpaired) electrons. The summed E-state index contributed by atoms with van der Waals surface area (Å²) in [4.78, 5) is 15.6. The van der Waals surface area contributed by atoms with Crippen LogP contribution >= 0.6 is 24.0 Å². The summed E-state index contributed by atoms with van der Waals surface area (Å²) in [5, 5.41) is 6.85. The molecule has 0 aliphatic heterocycles. The van der Waals surface area contributed by atoms with E-state index in [1.807, 2.05) is 0 Å². The van der Waals surface area contributed by atoms with Crippen LogP contribution in [0.2, 0.25) is 0 Å². The van der Waals surface area contributed by atoms with Crippen LogP contribution in [0.25, 0.3) is 0 Å². The van der Waals surface area contributed by atoms with Gasteiger partial charge in [0.15, 0.2) is 5.96 Å². The number of guanidine groups is 1. The van der Waals surface area contributed by atoms with Crippen molar-refractivity contribution in [3.8, 4) is 0 Å². The molecule has 1 fully saturated rings. The van der Waals surface area contributed by atoms with Crippen molar-refractivity contribution in [2.45, 2.75) is 70.8 Å². The van der Waals surface area contributed by atoms with Crippen molar-refractivity contribution in [1.29, 1.82) is 0 Å². The van der Waals surface area contributed by atoms with Crippen LogP contribution in [0.3, 0.4) is 0 Å². The van der Waals surface area contributed by atoms with Crippen molar-refractivity contribution in [1.82, 2.24) is 10.6 Å². The van der Waals surface area contributed by atoms with Gasteiger partial charge < -0.3 is 15.4 Å². The van der Waals surface area contributed by atoms with Crippen molar-refractivity contribution >= 4 is 35.9 Å². The Bertz CT molecular complexity index is 319. The van der Waals surface area contributed by atoms with E-state index in [9.17, 15) is 4.79 Å².